The van der Waals surface area contributed by atoms with Crippen LogP contribution in [0.25, 0.3) is 11.2 Å². The Labute approximate surface area is 176 Å². The molecule has 0 aromatic carbocycles. The standard InChI is InChI=1S/C10H16N5O12P3S/c11-10-13-8-7(9(17)14-10)15(3-12-8)6-1-4(16)5(31-6)2-25-29(21,22)27-30(23,24)26-28(18,19)20/h3-6,16H,1-2H2,(H,21,22)(H,23,24)(H2,18,19,20)(H3,11,13,14,17). The lowest BCUT2D eigenvalue weighted by Gasteiger charge is -2.18. The van der Waals surface area contributed by atoms with E-state index in [1.165, 1.54) is 10.9 Å². The van der Waals surface area contributed by atoms with Crippen molar-refractivity contribution >= 4 is 52.3 Å². The van der Waals surface area contributed by atoms with E-state index in [0.29, 0.717) is 0 Å². The van der Waals surface area contributed by atoms with Crippen molar-refractivity contribution in [2.45, 2.75) is 23.1 Å². The topological polar surface area (TPSA) is 270 Å². The third-order valence-corrected chi connectivity index (χ3v) is 9.13. The van der Waals surface area contributed by atoms with Crippen LogP contribution in [0, 0.1) is 0 Å². The number of aliphatic hydroxyl groups is 1. The van der Waals surface area contributed by atoms with Gasteiger partial charge in [0.1, 0.15) is 0 Å². The van der Waals surface area contributed by atoms with Gasteiger partial charge in [-0.05, 0) is 0 Å². The summed E-state index contributed by atoms with van der Waals surface area (Å²) < 4.78 is 47.0. The number of hydrogen-bond donors (Lipinski definition) is 7. The van der Waals surface area contributed by atoms with E-state index in [9.17, 15) is 28.5 Å². The molecule has 5 unspecified atom stereocenters. The normalized spacial score (nSPS) is 26.0. The summed E-state index contributed by atoms with van der Waals surface area (Å²) in [5.74, 6) is -0.129. The molecule has 174 valence electrons. The van der Waals surface area contributed by atoms with Gasteiger partial charge in [-0.2, -0.15) is 13.6 Å². The minimum atomic E-state index is -5.64. The second-order valence-electron chi connectivity index (χ2n) is 6.09. The number of rotatable bonds is 8. The smallest absolute Gasteiger partial charge is 0.392 e. The number of nitrogens with zero attached hydrogens (tertiary/aromatic N) is 3. The lowest BCUT2D eigenvalue weighted by Crippen LogP contribution is -2.22. The van der Waals surface area contributed by atoms with Gasteiger partial charge < -0.3 is 35.0 Å². The molecule has 2 aromatic rings. The number of aromatic nitrogens is 4. The molecule has 1 aliphatic heterocycles. The van der Waals surface area contributed by atoms with E-state index in [1.807, 2.05) is 0 Å². The van der Waals surface area contributed by atoms with Gasteiger partial charge in [-0.25, -0.2) is 18.7 Å². The molecule has 0 bridgehead atoms. The second-order valence-corrected chi connectivity index (χ2v) is 11.9. The van der Waals surface area contributed by atoms with Crippen molar-refractivity contribution in [3.63, 3.8) is 0 Å². The van der Waals surface area contributed by atoms with Gasteiger partial charge in [0.05, 0.1) is 29.7 Å². The average molecular weight is 523 g/mol. The highest BCUT2D eigenvalue weighted by Crippen LogP contribution is 2.66. The van der Waals surface area contributed by atoms with Crippen molar-refractivity contribution in [1.82, 2.24) is 19.5 Å². The average Bonchev–Trinajstić information content (AvgIpc) is 3.13. The Morgan fingerprint density at radius 2 is 1.90 bits per heavy atom. The Balaban J connectivity index is 1.67. The molecular weight excluding hydrogens is 507 g/mol. The number of fused-ring (bicyclic) bond motifs is 1. The van der Waals surface area contributed by atoms with Crippen molar-refractivity contribution in [2.24, 2.45) is 0 Å². The maximum atomic E-state index is 12.2. The zero-order chi connectivity index (χ0) is 23.2. The number of hydrogen-bond acceptors (Lipinski definition) is 12. The van der Waals surface area contributed by atoms with Crippen molar-refractivity contribution in [1.29, 1.82) is 0 Å². The van der Waals surface area contributed by atoms with Gasteiger partial charge in [0.2, 0.25) is 5.95 Å². The number of nitrogens with two attached hydrogens (primary N) is 1. The summed E-state index contributed by atoms with van der Waals surface area (Å²) in [6.45, 7) is -0.666. The number of aromatic amines is 1. The summed E-state index contributed by atoms with van der Waals surface area (Å²) in [7, 11) is -16.5. The van der Waals surface area contributed by atoms with Crippen LogP contribution < -0.4 is 11.3 Å². The lowest BCUT2D eigenvalue weighted by atomic mass is 10.2. The summed E-state index contributed by atoms with van der Waals surface area (Å²) in [6.07, 6.45) is 0.284. The molecule has 0 saturated carbocycles. The molecule has 0 radical (unpaired) electrons. The van der Waals surface area contributed by atoms with E-state index in [0.717, 1.165) is 11.8 Å². The van der Waals surface area contributed by atoms with E-state index in [1.54, 1.807) is 0 Å². The summed E-state index contributed by atoms with van der Waals surface area (Å²) in [4.78, 5) is 58.0. The van der Waals surface area contributed by atoms with E-state index in [4.69, 9.17) is 20.4 Å². The Hall–Kier alpha value is -1.13. The highest BCUT2D eigenvalue weighted by molar-refractivity contribution is 8.00. The largest absolute Gasteiger partial charge is 0.490 e. The molecule has 21 heteroatoms. The Kier molecular flexibility index (Phi) is 6.85. The summed E-state index contributed by atoms with van der Waals surface area (Å²) >= 11 is 1.03. The van der Waals surface area contributed by atoms with Crippen molar-refractivity contribution in [3.05, 3.63) is 16.7 Å². The maximum absolute atomic E-state index is 12.2. The first kappa shape index (κ1) is 24.5. The van der Waals surface area contributed by atoms with E-state index < -0.39 is 52.4 Å². The van der Waals surface area contributed by atoms with Crippen LogP contribution in [0.2, 0.25) is 0 Å². The SMILES string of the molecule is Nc1nc2ncn(C3CC(O)C(COP(=O)(O)OP(=O)(O)OP(=O)(O)O)S3)c2c(=O)[nH]1. The number of thioether (sulfide) groups is 1. The minimum Gasteiger partial charge on any atom is -0.392 e. The van der Waals surface area contributed by atoms with Crippen LogP contribution in [-0.2, 0) is 26.8 Å². The molecule has 17 nitrogen and oxygen atoms in total. The van der Waals surface area contributed by atoms with Gasteiger partial charge in [0, 0.05) is 6.42 Å². The number of aliphatic hydroxyl groups excluding tert-OH is 1. The predicted molar refractivity (Wildman–Crippen MR) is 103 cm³/mol. The third kappa shape index (κ3) is 6.22. The molecule has 3 heterocycles. The number of nitrogen functional groups attached to an aromatic ring is 1. The van der Waals surface area contributed by atoms with E-state index in [-0.39, 0.29) is 23.5 Å². The molecule has 1 aliphatic rings. The molecule has 0 amide bonds. The first-order valence-corrected chi connectivity index (χ1v) is 13.5. The highest BCUT2D eigenvalue weighted by Gasteiger charge is 2.42. The lowest BCUT2D eigenvalue weighted by molar-refractivity contribution is 0.126. The van der Waals surface area contributed by atoms with Gasteiger partial charge >= 0.3 is 23.5 Å². The molecule has 0 spiro atoms. The van der Waals surface area contributed by atoms with Gasteiger partial charge in [-0.3, -0.25) is 14.3 Å². The van der Waals surface area contributed by atoms with Crippen LogP contribution in [0.4, 0.5) is 5.95 Å². The number of nitrogens with one attached hydrogen (secondary N) is 1. The molecule has 31 heavy (non-hydrogen) atoms. The first-order valence-electron chi connectivity index (χ1n) is 8.00. The summed E-state index contributed by atoms with van der Waals surface area (Å²) in [5, 5.41) is 8.82. The minimum absolute atomic E-state index is 0.0738. The predicted octanol–water partition coefficient (Wildman–Crippen LogP) is -0.590. The fraction of sp³-hybridized carbons (Fsp3) is 0.500. The molecular formula is C10H16N5O12P3S. The van der Waals surface area contributed by atoms with E-state index in [2.05, 4.69) is 28.1 Å². The van der Waals surface area contributed by atoms with Gasteiger partial charge in [0.15, 0.2) is 11.2 Å². The molecule has 1 fully saturated rings. The number of phosphoric ester groups is 1. The monoisotopic (exact) mass is 523 g/mol. The van der Waals surface area contributed by atoms with Crippen LogP contribution in [0.15, 0.2) is 11.1 Å². The molecule has 0 aliphatic carbocycles. The first-order chi connectivity index (χ1) is 14.2. The third-order valence-electron chi connectivity index (χ3n) is 3.79. The van der Waals surface area contributed by atoms with Crippen molar-refractivity contribution in [2.75, 3.05) is 12.3 Å². The molecule has 2 aromatic heterocycles. The van der Waals surface area contributed by atoms with Crippen LogP contribution in [0.5, 0.6) is 0 Å². The van der Waals surface area contributed by atoms with Gasteiger partial charge in [0.25, 0.3) is 5.56 Å². The number of phosphoric acid groups is 3. The van der Waals surface area contributed by atoms with Crippen molar-refractivity contribution < 1.29 is 51.5 Å². The van der Waals surface area contributed by atoms with Crippen LogP contribution >= 0.6 is 35.2 Å². The second kappa shape index (κ2) is 8.67. The van der Waals surface area contributed by atoms with E-state index >= 15 is 0 Å². The molecule has 8 N–H and O–H groups in total. The number of imidazole rings is 1. The Bertz CT molecular complexity index is 1180. The molecule has 1 saturated heterocycles. The zero-order valence-electron chi connectivity index (χ0n) is 15.0. The van der Waals surface area contributed by atoms with Crippen LogP contribution in [0.3, 0.4) is 0 Å². The molecule has 3 rings (SSSR count). The summed E-state index contributed by atoms with van der Waals surface area (Å²) in [5.41, 5.74) is 5.06. The van der Waals surface area contributed by atoms with Crippen molar-refractivity contribution in [3.8, 4) is 0 Å². The molecule has 5 atom stereocenters. The highest BCUT2D eigenvalue weighted by atomic mass is 32.2. The van der Waals surface area contributed by atoms with Gasteiger partial charge in [-0.1, -0.05) is 0 Å². The fourth-order valence-corrected chi connectivity index (χ4v) is 7.28. The Morgan fingerprint density at radius 1 is 1.23 bits per heavy atom. The summed E-state index contributed by atoms with van der Waals surface area (Å²) in [6, 6.07) is 0. The van der Waals surface area contributed by atoms with Crippen LogP contribution in [0.1, 0.15) is 11.8 Å². The van der Waals surface area contributed by atoms with Crippen LogP contribution in [-0.4, -0.2) is 62.2 Å². The maximum Gasteiger partial charge on any atom is 0.490 e. The van der Waals surface area contributed by atoms with Gasteiger partial charge in [-0.15, -0.1) is 11.8 Å². The zero-order valence-corrected chi connectivity index (χ0v) is 18.5. The number of anilines is 1. The fourth-order valence-electron chi connectivity index (χ4n) is 2.69. The Morgan fingerprint density at radius 3 is 2.55 bits per heavy atom. The number of H-pyrrole nitrogens is 1. The quantitative estimate of drug-likeness (QED) is 0.213.